The second-order valence-electron chi connectivity index (χ2n) is 10.2. The number of carbonyl (C=O) groups is 2. The zero-order chi connectivity index (χ0) is 27.1. The van der Waals surface area contributed by atoms with E-state index in [4.69, 9.17) is 4.74 Å². The lowest BCUT2D eigenvalue weighted by atomic mass is 9.99. The zero-order valence-corrected chi connectivity index (χ0v) is 22.3. The lowest BCUT2D eigenvalue weighted by Crippen LogP contribution is -2.49. The molecule has 1 heterocycles. The predicted molar refractivity (Wildman–Crippen MR) is 149 cm³/mol. The highest BCUT2D eigenvalue weighted by Gasteiger charge is 2.33. The van der Waals surface area contributed by atoms with Crippen molar-refractivity contribution in [3.8, 4) is 5.75 Å². The highest BCUT2D eigenvalue weighted by atomic mass is 16.5. The van der Waals surface area contributed by atoms with E-state index in [-0.39, 0.29) is 42.9 Å². The first kappa shape index (κ1) is 27.4. The molecule has 38 heavy (non-hydrogen) atoms. The van der Waals surface area contributed by atoms with Crippen molar-refractivity contribution in [2.75, 3.05) is 32.1 Å². The highest BCUT2D eigenvalue weighted by Crippen LogP contribution is 2.31. The van der Waals surface area contributed by atoms with Gasteiger partial charge in [-0.05, 0) is 43.3 Å². The van der Waals surface area contributed by atoms with Gasteiger partial charge in [-0.15, -0.1) is 0 Å². The van der Waals surface area contributed by atoms with Gasteiger partial charge in [0, 0.05) is 31.2 Å². The topological polar surface area (TPSA) is 82.1 Å². The monoisotopic (exact) mass is 515 g/mol. The maximum absolute atomic E-state index is 13.6. The van der Waals surface area contributed by atoms with Crippen molar-refractivity contribution in [1.82, 2.24) is 9.80 Å². The van der Waals surface area contributed by atoms with E-state index < -0.39 is 0 Å². The lowest BCUT2D eigenvalue weighted by Gasteiger charge is -2.38. The SMILES string of the molecule is C[C@H]1CN([C@@H](C)CO)C(=O)c2cc(NC(=O)Cc3ccccc3)ccc2O[C@H]1CN(C)Cc1ccccc1. The average Bonchev–Trinajstić information content (AvgIpc) is 2.91. The summed E-state index contributed by atoms with van der Waals surface area (Å²) in [6.07, 6.45) is 0.0612. The molecule has 3 aromatic carbocycles. The number of rotatable bonds is 9. The molecule has 2 N–H and O–H groups in total. The number of aliphatic hydroxyl groups is 1. The summed E-state index contributed by atoms with van der Waals surface area (Å²) < 4.78 is 6.48. The minimum atomic E-state index is -0.352. The smallest absolute Gasteiger partial charge is 0.258 e. The van der Waals surface area contributed by atoms with Crippen LogP contribution in [-0.4, -0.2) is 65.6 Å². The molecule has 1 aliphatic rings. The molecule has 200 valence electrons. The Kier molecular flexibility index (Phi) is 9.15. The third-order valence-electron chi connectivity index (χ3n) is 6.94. The summed E-state index contributed by atoms with van der Waals surface area (Å²) in [6.45, 7) is 5.68. The first-order valence-electron chi connectivity index (χ1n) is 13.1. The molecule has 0 fully saturated rings. The lowest BCUT2D eigenvalue weighted by molar-refractivity contribution is -0.115. The van der Waals surface area contributed by atoms with Gasteiger partial charge in [0.05, 0.1) is 24.6 Å². The molecule has 3 atom stereocenters. The number of aliphatic hydroxyl groups excluding tert-OH is 1. The van der Waals surface area contributed by atoms with E-state index in [9.17, 15) is 14.7 Å². The van der Waals surface area contributed by atoms with Crippen molar-refractivity contribution in [3.05, 3.63) is 95.6 Å². The maximum atomic E-state index is 13.6. The van der Waals surface area contributed by atoms with Gasteiger partial charge in [-0.25, -0.2) is 0 Å². The minimum absolute atomic E-state index is 0.0320. The molecule has 0 spiro atoms. The van der Waals surface area contributed by atoms with E-state index in [2.05, 4.69) is 36.3 Å². The number of amides is 2. The Morgan fingerprint density at radius 2 is 1.74 bits per heavy atom. The number of benzene rings is 3. The van der Waals surface area contributed by atoms with Gasteiger partial charge in [-0.2, -0.15) is 0 Å². The first-order chi connectivity index (χ1) is 18.3. The first-order valence-corrected chi connectivity index (χ1v) is 13.1. The van der Waals surface area contributed by atoms with Gasteiger partial charge in [0.2, 0.25) is 5.91 Å². The molecule has 4 rings (SSSR count). The number of carbonyl (C=O) groups excluding carboxylic acids is 2. The molecule has 7 nitrogen and oxygen atoms in total. The van der Waals surface area contributed by atoms with Crippen LogP contribution in [0.3, 0.4) is 0 Å². The Morgan fingerprint density at radius 1 is 1.08 bits per heavy atom. The number of hydrogen-bond donors (Lipinski definition) is 2. The molecule has 0 aliphatic carbocycles. The number of anilines is 1. The normalized spacial score (nSPS) is 18.2. The molecule has 0 aromatic heterocycles. The van der Waals surface area contributed by atoms with Gasteiger partial charge in [-0.1, -0.05) is 67.6 Å². The average molecular weight is 516 g/mol. The summed E-state index contributed by atoms with van der Waals surface area (Å²) in [5.41, 5.74) is 3.04. The Labute approximate surface area is 225 Å². The van der Waals surface area contributed by atoms with Crippen molar-refractivity contribution in [2.45, 2.75) is 39.0 Å². The number of nitrogens with zero attached hydrogens (tertiary/aromatic N) is 2. The van der Waals surface area contributed by atoms with Crippen molar-refractivity contribution in [2.24, 2.45) is 5.92 Å². The van der Waals surface area contributed by atoms with Gasteiger partial charge in [-0.3, -0.25) is 14.5 Å². The molecule has 0 saturated heterocycles. The number of likely N-dealkylation sites (N-methyl/N-ethyl adjacent to an activating group) is 1. The van der Waals surface area contributed by atoms with Crippen LogP contribution in [0.4, 0.5) is 5.69 Å². The van der Waals surface area contributed by atoms with Crippen LogP contribution in [0.15, 0.2) is 78.9 Å². The fraction of sp³-hybridized carbons (Fsp3) is 0.355. The summed E-state index contributed by atoms with van der Waals surface area (Å²) in [7, 11) is 2.06. The molecule has 0 unspecified atom stereocenters. The van der Waals surface area contributed by atoms with Crippen molar-refractivity contribution in [1.29, 1.82) is 0 Å². The Bertz CT molecular complexity index is 1220. The van der Waals surface area contributed by atoms with Crippen LogP contribution in [0, 0.1) is 5.92 Å². The van der Waals surface area contributed by atoms with E-state index in [1.807, 2.05) is 55.5 Å². The second-order valence-corrected chi connectivity index (χ2v) is 10.2. The van der Waals surface area contributed by atoms with Crippen molar-refractivity contribution < 1.29 is 19.4 Å². The standard InChI is InChI=1S/C31H37N3O4/c1-22-18-34(23(2)21-35)31(37)27-17-26(32-30(36)16-24-10-6-4-7-11-24)14-15-28(27)38-29(22)20-33(3)19-25-12-8-5-9-13-25/h4-15,17,22-23,29,35H,16,18-21H2,1-3H3,(H,32,36)/t22-,23-,29-/m0/s1. The number of hydrogen-bond acceptors (Lipinski definition) is 5. The van der Waals surface area contributed by atoms with Crippen molar-refractivity contribution in [3.63, 3.8) is 0 Å². The van der Waals surface area contributed by atoms with Crippen LogP contribution >= 0.6 is 0 Å². The number of nitrogens with one attached hydrogen (secondary N) is 1. The van der Waals surface area contributed by atoms with Crippen molar-refractivity contribution >= 4 is 17.5 Å². The summed E-state index contributed by atoms with van der Waals surface area (Å²) in [5.74, 6) is 0.133. The molecular weight excluding hydrogens is 478 g/mol. The van der Waals surface area contributed by atoms with Crippen LogP contribution < -0.4 is 10.1 Å². The molecular formula is C31H37N3O4. The quantitative estimate of drug-likeness (QED) is 0.446. The highest BCUT2D eigenvalue weighted by molar-refractivity contribution is 6.00. The number of ether oxygens (including phenoxy) is 1. The predicted octanol–water partition coefficient (Wildman–Crippen LogP) is 4.22. The fourth-order valence-corrected chi connectivity index (χ4v) is 4.77. The van der Waals surface area contributed by atoms with Crippen LogP contribution in [0.1, 0.15) is 35.3 Å². The van der Waals surface area contributed by atoms with E-state index in [1.54, 1.807) is 23.1 Å². The van der Waals surface area contributed by atoms with Crippen LogP contribution in [0.2, 0.25) is 0 Å². The van der Waals surface area contributed by atoms with E-state index >= 15 is 0 Å². The van der Waals surface area contributed by atoms with Gasteiger partial charge < -0.3 is 20.1 Å². The van der Waals surface area contributed by atoms with Crippen LogP contribution in [0.25, 0.3) is 0 Å². The van der Waals surface area contributed by atoms with E-state index in [0.717, 1.165) is 12.1 Å². The summed E-state index contributed by atoms with van der Waals surface area (Å²) in [6, 6.07) is 24.6. The Balaban J connectivity index is 1.56. The molecule has 0 radical (unpaired) electrons. The Morgan fingerprint density at radius 3 is 2.39 bits per heavy atom. The second kappa shape index (κ2) is 12.7. The fourth-order valence-electron chi connectivity index (χ4n) is 4.77. The summed E-state index contributed by atoms with van der Waals surface area (Å²) >= 11 is 0. The van der Waals surface area contributed by atoms with Crippen LogP contribution in [-0.2, 0) is 17.8 Å². The van der Waals surface area contributed by atoms with Gasteiger partial charge in [0.25, 0.3) is 5.91 Å². The molecule has 3 aromatic rings. The molecule has 2 amide bonds. The Hall–Kier alpha value is -3.68. The molecule has 0 bridgehead atoms. The third-order valence-corrected chi connectivity index (χ3v) is 6.94. The largest absolute Gasteiger partial charge is 0.488 e. The third kappa shape index (κ3) is 7.00. The van der Waals surface area contributed by atoms with E-state index in [1.165, 1.54) is 5.56 Å². The molecule has 7 heteroatoms. The van der Waals surface area contributed by atoms with Gasteiger partial charge in [0.15, 0.2) is 0 Å². The maximum Gasteiger partial charge on any atom is 0.258 e. The van der Waals surface area contributed by atoms with Crippen LogP contribution in [0.5, 0.6) is 5.75 Å². The zero-order valence-electron chi connectivity index (χ0n) is 22.3. The summed E-state index contributed by atoms with van der Waals surface area (Å²) in [4.78, 5) is 30.2. The van der Waals surface area contributed by atoms with E-state index in [0.29, 0.717) is 30.1 Å². The summed E-state index contributed by atoms with van der Waals surface area (Å²) in [5, 5.41) is 12.8. The van der Waals surface area contributed by atoms with Gasteiger partial charge in [0.1, 0.15) is 11.9 Å². The molecule has 1 aliphatic heterocycles. The van der Waals surface area contributed by atoms with Gasteiger partial charge >= 0.3 is 0 Å². The minimum Gasteiger partial charge on any atom is -0.488 e. The number of fused-ring (bicyclic) bond motifs is 1. The molecule has 0 saturated carbocycles.